The van der Waals surface area contributed by atoms with Crippen molar-refractivity contribution < 1.29 is 0 Å². The molecule has 9 aromatic rings. The molecule has 0 bridgehead atoms. The van der Waals surface area contributed by atoms with E-state index < -0.39 is 0 Å². The molecule has 0 spiro atoms. The van der Waals surface area contributed by atoms with Gasteiger partial charge in [-0.05, 0) is 101 Å². The number of benzene rings is 7. The highest BCUT2D eigenvalue weighted by Gasteiger charge is 2.22. The molecule has 7 aromatic carbocycles. The summed E-state index contributed by atoms with van der Waals surface area (Å²) in [6.45, 7) is 5.25. The van der Waals surface area contributed by atoms with Crippen LogP contribution in [-0.4, -0.2) is 9.13 Å². The molecule has 10 rings (SSSR count). The zero-order chi connectivity index (χ0) is 32.2. The van der Waals surface area contributed by atoms with Crippen molar-refractivity contribution in [2.24, 2.45) is 0 Å². The van der Waals surface area contributed by atoms with Gasteiger partial charge in [-0.15, -0.1) is 6.58 Å². The van der Waals surface area contributed by atoms with Crippen molar-refractivity contribution in [1.82, 2.24) is 9.13 Å². The minimum Gasteiger partial charge on any atom is -0.309 e. The lowest BCUT2D eigenvalue weighted by Crippen LogP contribution is -1.96. The molecular formula is C46H34N2. The quantitative estimate of drug-likeness (QED) is 0.175. The van der Waals surface area contributed by atoms with Crippen LogP contribution in [0.4, 0.5) is 0 Å². The van der Waals surface area contributed by atoms with Gasteiger partial charge in [-0.2, -0.15) is 0 Å². The molecule has 228 valence electrons. The summed E-state index contributed by atoms with van der Waals surface area (Å²) in [5.74, 6) is 0. The molecule has 0 atom stereocenters. The first-order valence-corrected chi connectivity index (χ1v) is 16.6. The highest BCUT2D eigenvalue weighted by Crippen LogP contribution is 2.42. The Balaban J connectivity index is 0.00000101. The monoisotopic (exact) mass is 614 g/mol. The molecule has 0 saturated carbocycles. The summed E-state index contributed by atoms with van der Waals surface area (Å²) in [6.07, 6.45) is 2.71. The van der Waals surface area contributed by atoms with E-state index in [9.17, 15) is 0 Å². The normalized spacial score (nSPS) is 11.9. The lowest BCUT2D eigenvalue weighted by molar-refractivity contribution is 1.17. The van der Waals surface area contributed by atoms with Crippen LogP contribution in [0.1, 0.15) is 18.1 Å². The fourth-order valence-corrected chi connectivity index (χ4v) is 7.68. The summed E-state index contributed by atoms with van der Waals surface area (Å²) in [5, 5.41) is 5.14. The molecule has 2 aromatic heterocycles. The Hall–Kier alpha value is -6.12. The molecule has 1 aliphatic carbocycles. The van der Waals surface area contributed by atoms with Crippen LogP contribution in [0.15, 0.2) is 170 Å². The number of aromatic nitrogens is 2. The van der Waals surface area contributed by atoms with Crippen LogP contribution in [0.25, 0.3) is 77.2 Å². The summed E-state index contributed by atoms with van der Waals surface area (Å²) in [6, 6.07) is 57.9. The minimum absolute atomic E-state index is 0.964. The fraction of sp³-hybridized carbons (Fsp3) is 0.0435. The second kappa shape index (κ2) is 11.3. The van der Waals surface area contributed by atoms with Gasteiger partial charge in [0, 0.05) is 32.9 Å². The number of nitrogens with zero attached hydrogens (tertiary/aromatic N) is 2. The summed E-state index contributed by atoms with van der Waals surface area (Å²) in [5.41, 5.74) is 15.3. The number of fused-ring (bicyclic) bond motifs is 9. The average Bonchev–Trinajstić information content (AvgIpc) is 3.79. The second-order valence-corrected chi connectivity index (χ2v) is 12.6. The minimum atomic E-state index is 0.964. The van der Waals surface area contributed by atoms with E-state index in [1.165, 1.54) is 88.4 Å². The van der Waals surface area contributed by atoms with Gasteiger partial charge < -0.3 is 9.13 Å². The number of para-hydroxylation sites is 3. The molecule has 0 radical (unpaired) electrons. The van der Waals surface area contributed by atoms with E-state index in [0.29, 0.717) is 0 Å². The highest BCUT2D eigenvalue weighted by molar-refractivity contribution is 6.11. The van der Waals surface area contributed by atoms with Gasteiger partial charge in [0.15, 0.2) is 0 Å². The van der Waals surface area contributed by atoms with Gasteiger partial charge in [0.1, 0.15) is 0 Å². The van der Waals surface area contributed by atoms with E-state index in [-0.39, 0.29) is 0 Å². The Morgan fingerprint density at radius 3 is 1.40 bits per heavy atom. The maximum Gasteiger partial charge on any atom is 0.0541 e. The second-order valence-electron chi connectivity index (χ2n) is 12.6. The maximum absolute atomic E-state index is 3.36. The number of hydrogen-bond acceptors (Lipinski definition) is 0. The van der Waals surface area contributed by atoms with Crippen LogP contribution < -0.4 is 0 Å². The van der Waals surface area contributed by atoms with Crippen LogP contribution in [0.3, 0.4) is 0 Å². The van der Waals surface area contributed by atoms with E-state index in [0.717, 1.165) is 6.42 Å². The first kappa shape index (κ1) is 28.1. The summed E-state index contributed by atoms with van der Waals surface area (Å²) in [4.78, 5) is 0. The highest BCUT2D eigenvalue weighted by atomic mass is 15.0. The van der Waals surface area contributed by atoms with E-state index in [1.54, 1.807) is 6.08 Å². The zero-order valence-electron chi connectivity index (χ0n) is 26.9. The van der Waals surface area contributed by atoms with Crippen molar-refractivity contribution in [2.75, 3.05) is 0 Å². The zero-order valence-corrected chi connectivity index (χ0v) is 26.9. The first-order chi connectivity index (χ1) is 23.7. The molecule has 0 N–H and O–H groups in total. The van der Waals surface area contributed by atoms with E-state index >= 15 is 0 Å². The number of allylic oxidation sites excluding steroid dienone is 1. The molecule has 0 unspecified atom stereocenters. The molecule has 1 aliphatic rings. The van der Waals surface area contributed by atoms with Crippen LogP contribution in [0.2, 0.25) is 0 Å². The molecule has 0 amide bonds. The van der Waals surface area contributed by atoms with Gasteiger partial charge in [-0.3, -0.25) is 0 Å². The lowest BCUT2D eigenvalue weighted by Gasteiger charge is -2.12. The van der Waals surface area contributed by atoms with Crippen molar-refractivity contribution in [3.8, 4) is 33.6 Å². The predicted octanol–water partition coefficient (Wildman–Crippen LogP) is 12.3. The smallest absolute Gasteiger partial charge is 0.0541 e. The Kier molecular flexibility index (Phi) is 6.62. The van der Waals surface area contributed by atoms with E-state index in [4.69, 9.17) is 0 Å². The third-order valence-electron chi connectivity index (χ3n) is 9.73. The molecule has 2 nitrogen and oxygen atoms in total. The third kappa shape index (κ3) is 4.34. The van der Waals surface area contributed by atoms with Crippen molar-refractivity contribution >= 4 is 43.6 Å². The fourth-order valence-electron chi connectivity index (χ4n) is 7.68. The van der Waals surface area contributed by atoms with Gasteiger partial charge in [0.25, 0.3) is 0 Å². The van der Waals surface area contributed by atoms with Gasteiger partial charge in [0.2, 0.25) is 0 Å². The molecule has 2 heterocycles. The van der Waals surface area contributed by atoms with Gasteiger partial charge >= 0.3 is 0 Å². The molecular weight excluding hydrogens is 581 g/mol. The van der Waals surface area contributed by atoms with Crippen LogP contribution in [0.5, 0.6) is 0 Å². The number of hydrogen-bond donors (Lipinski definition) is 0. The van der Waals surface area contributed by atoms with E-state index in [1.807, 2.05) is 6.92 Å². The van der Waals surface area contributed by atoms with Crippen LogP contribution >= 0.6 is 0 Å². The molecule has 2 heteroatoms. The first-order valence-electron chi connectivity index (χ1n) is 16.6. The predicted molar refractivity (Wildman–Crippen MR) is 205 cm³/mol. The molecule has 48 heavy (non-hydrogen) atoms. The summed E-state index contributed by atoms with van der Waals surface area (Å²) >= 11 is 0. The Morgan fingerprint density at radius 2 is 0.875 bits per heavy atom. The Bertz CT molecular complexity index is 2620. The van der Waals surface area contributed by atoms with Gasteiger partial charge in [-0.25, -0.2) is 0 Å². The third-order valence-corrected chi connectivity index (χ3v) is 9.73. The van der Waals surface area contributed by atoms with Gasteiger partial charge in [0.05, 0.1) is 22.1 Å². The maximum atomic E-state index is 3.36. The molecule has 0 saturated heterocycles. The van der Waals surface area contributed by atoms with Crippen LogP contribution in [0, 0.1) is 0 Å². The summed E-state index contributed by atoms with van der Waals surface area (Å²) < 4.78 is 4.86. The lowest BCUT2D eigenvalue weighted by atomic mass is 10.0. The van der Waals surface area contributed by atoms with Crippen molar-refractivity contribution in [3.05, 3.63) is 182 Å². The summed E-state index contributed by atoms with van der Waals surface area (Å²) in [7, 11) is 0. The van der Waals surface area contributed by atoms with Crippen molar-refractivity contribution in [3.63, 3.8) is 0 Å². The average molecular weight is 615 g/mol. The largest absolute Gasteiger partial charge is 0.309 e. The van der Waals surface area contributed by atoms with E-state index in [2.05, 4.69) is 173 Å². The van der Waals surface area contributed by atoms with Crippen LogP contribution in [-0.2, 0) is 6.42 Å². The molecule has 0 aliphatic heterocycles. The van der Waals surface area contributed by atoms with Crippen molar-refractivity contribution in [1.29, 1.82) is 0 Å². The molecule has 0 fully saturated rings. The number of rotatable bonds is 3. The topological polar surface area (TPSA) is 9.86 Å². The SMILES string of the molecule is C=CC.c1ccc(-c2ccc3c(c2)c2ccccc2n3-c2ccc3c(c2)-c2cc(-n4c5ccccc5c5ccccc54)ccc2C3)cc1. The van der Waals surface area contributed by atoms with Gasteiger partial charge in [-0.1, -0.05) is 109 Å². The van der Waals surface area contributed by atoms with Crippen molar-refractivity contribution in [2.45, 2.75) is 13.3 Å². The standard InChI is InChI=1S/C43H28N2.C3H6/c1-2-10-28(11-3-1)29-20-23-43-39(25-29)36-14-6-9-17-42(36)45(43)33-22-19-31-24-30-18-21-32(26-37(30)38(31)27-33)44-40-15-7-4-12-34(40)35-13-5-8-16-41(35)44;1-3-2/h1-23,25-27H,24H2;3H,1H2,2H3. The Labute approximate surface area is 280 Å². The Morgan fingerprint density at radius 1 is 0.438 bits per heavy atom.